The van der Waals surface area contributed by atoms with Crippen LogP contribution in [0.3, 0.4) is 0 Å². The van der Waals surface area contributed by atoms with E-state index in [1.165, 1.54) is 31.7 Å². The lowest BCUT2D eigenvalue weighted by molar-refractivity contribution is 0.233. The third kappa shape index (κ3) is 2.72. The Bertz CT molecular complexity index is 89.6. The summed E-state index contributed by atoms with van der Waals surface area (Å²) in [6.07, 6.45) is 2.73. The van der Waals surface area contributed by atoms with Gasteiger partial charge in [-0.2, -0.15) is 0 Å². The highest BCUT2D eigenvalue weighted by Crippen LogP contribution is 2.21. The van der Waals surface area contributed by atoms with Crippen LogP contribution in [-0.4, -0.2) is 30.8 Å². The third-order valence-electron chi connectivity index (χ3n) is 2.15. The molecule has 0 bridgehead atoms. The number of piperidine rings is 1. The van der Waals surface area contributed by atoms with Crippen LogP contribution in [0.25, 0.3) is 0 Å². The molecule has 0 spiro atoms. The van der Waals surface area contributed by atoms with Gasteiger partial charge in [0.15, 0.2) is 0 Å². The smallest absolute Gasteiger partial charge is 0.00638 e. The number of hydrogen-bond acceptors (Lipinski definition) is 3. The minimum Gasteiger partial charge on any atom is -0.306 e. The van der Waals surface area contributed by atoms with Gasteiger partial charge < -0.3 is 4.90 Å². The van der Waals surface area contributed by atoms with Crippen molar-refractivity contribution in [2.24, 2.45) is 5.92 Å². The third-order valence-corrected chi connectivity index (χ3v) is 3.22. The van der Waals surface area contributed by atoms with Crippen LogP contribution in [0, 0.1) is 5.92 Å². The molecule has 0 aliphatic carbocycles. The molecule has 0 unspecified atom stereocenters. The molecule has 10 heavy (non-hydrogen) atoms. The normalized spacial score (nSPS) is 23.4. The molecule has 60 valence electrons. The van der Waals surface area contributed by atoms with Gasteiger partial charge in [-0.15, -0.1) is 11.7 Å². The highest BCUT2D eigenvalue weighted by atomic mass is 33.1. The molecule has 1 heterocycles. The maximum Gasteiger partial charge on any atom is 0.00638 e. The topological polar surface area (TPSA) is 3.24 Å². The van der Waals surface area contributed by atoms with Crippen molar-refractivity contribution in [1.29, 1.82) is 0 Å². The van der Waals surface area contributed by atoms with Crippen LogP contribution in [0.5, 0.6) is 0 Å². The summed E-state index contributed by atoms with van der Waals surface area (Å²) in [6, 6.07) is 0. The number of thiol groups is 1. The zero-order chi connectivity index (χ0) is 7.40. The first kappa shape index (κ1) is 8.75. The second-order valence-corrected chi connectivity index (χ2v) is 4.41. The lowest BCUT2D eigenvalue weighted by Gasteiger charge is -2.28. The van der Waals surface area contributed by atoms with Gasteiger partial charge in [-0.1, -0.05) is 10.8 Å². The van der Waals surface area contributed by atoms with Crippen molar-refractivity contribution in [3.05, 3.63) is 0 Å². The Morgan fingerprint density at radius 1 is 1.50 bits per heavy atom. The maximum atomic E-state index is 4.16. The predicted molar refractivity (Wildman–Crippen MR) is 51.7 cm³/mol. The van der Waals surface area contributed by atoms with Crippen molar-refractivity contribution >= 4 is 22.5 Å². The number of likely N-dealkylation sites (tertiary alicyclic amines) is 1. The van der Waals surface area contributed by atoms with Crippen molar-refractivity contribution in [2.45, 2.75) is 12.8 Å². The number of nitrogens with zero attached hydrogens (tertiary/aromatic N) is 1. The SMILES string of the molecule is CN1CCC(CSS)CC1. The minimum atomic E-state index is 0.929. The zero-order valence-electron chi connectivity index (χ0n) is 6.42. The summed E-state index contributed by atoms with van der Waals surface area (Å²) in [5.41, 5.74) is 0. The second kappa shape index (κ2) is 4.52. The second-order valence-electron chi connectivity index (χ2n) is 3.04. The van der Waals surface area contributed by atoms with Gasteiger partial charge in [0.05, 0.1) is 0 Å². The average molecular weight is 177 g/mol. The van der Waals surface area contributed by atoms with Crippen LogP contribution < -0.4 is 0 Å². The van der Waals surface area contributed by atoms with Crippen LogP contribution in [0.15, 0.2) is 0 Å². The molecule has 0 saturated carbocycles. The highest BCUT2D eigenvalue weighted by Gasteiger charge is 2.15. The van der Waals surface area contributed by atoms with Crippen LogP contribution in [0.4, 0.5) is 0 Å². The average Bonchev–Trinajstić information content (AvgIpc) is 1.95. The minimum absolute atomic E-state index is 0.929. The Morgan fingerprint density at radius 2 is 2.10 bits per heavy atom. The molecule has 0 amide bonds. The summed E-state index contributed by atoms with van der Waals surface area (Å²) < 4.78 is 0. The van der Waals surface area contributed by atoms with Gasteiger partial charge in [0, 0.05) is 5.75 Å². The Morgan fingerprint density at radius 3 is 2.60 bits per heavy atom. The first-order valence-corrected chi connectivity index (χ1v) is 5.81. The molecular weight excluding hydrogens is 162 g/mol. The quantitative estimate of drug-likeness (QED) is 0.507. The van der Waals surface area contributed by atoms with E-state index in [9.17, 15) is 0 Å². The Labute approximate surface area is 72.4 Å². The van der Waals surface area contributed by atoms with Crippen molar-refractivity contribution in [3.8, 4) is 0 Å². The van der Waals surface area contributed by atoms with Crippen LogP contribution in [-0.2, 0) is 0 Å². The number of rotatable bonds is 2. The summed E-state index contributed by atoms with van der Waals surface area (Å²) in [6.45, 7) is 2.55. The van der Waals surface area contributed by atoms with Gasteiger partial charge in [-0.3, -0.25) is 0 Å². The van der Waals surface area contributed by atoms with Gasteiger partial charge in [0.2, 0.25) is 0 Å². The lowest BCUT2D eigenvalue weighted by atomic mass is 10.00. The molecule has 0 aromatic carbocycles. The standard InChI is InChI=1S/C7H15NS2/c1-8-4-2-7(3-5-8)6-10-9/h7,9H,2-6H2,1H3. The van der Waals surface area contributed by atoms with Gasteiger partial charge in [0.1, 0.15) is 0 Å². The number of hydrogen-bond donors (Lipinski definition) is 1. The van der Waals surface area contributed by atoms with Crippen LogP contribution >= 0.6 is 22.5 Å². The molecule has 1 saturated heterocycles. The molecular formula is C7H15NS2. The van der Waals surface area contributed by atoms with Crippen molar-refractivity contribution in [1.82, 2.24) is 4.90 Å². The summed E-state index contributed by atoms with van der Waals surface area (Å²) in [5.74, 6) is 2.16. The van der Waals surface area contributed by atoms with Crippen LogP contribution in [0.1, 0.15) is 12.8 Å². The Kier molecular flexibility index (Phi) is 3.96. The van der Waals surface area contributed by atoms with E-state index >= 15 is 0 Å². The summed E-state index contributed by atoms with van der Waals surface area (Å²) in [5, 5.41) is 0. The van der Waals surface area contributed by atoms with E-state index < -0.39 is 0 Å². The molecule has 1 rings (SSSR count). The van der Waals surface area contributed by atoms with E-state index in [0.717, 1.165) is 5.92 Å². The molecule has 1 nitrogen and oxygen atoms in total. The van der Waals surface area contributed by atoms with E-state index in [1.807, 2.05) is 0 Å². The summed E-state index contributed by atoms with van der Waals surface area (Å²) in [7, 11) is 3.88. The molecule has 0 radical (unpaired) electrons. The molecule has 0 aromatic heterocycles. The van der Waals surface area contributed by atoms with E-state index in [1.54, 1.807) is 10.8 Å². The molecule has 1 fully saturated rings. The Balaban J connectivity index is 2.13. The monoisotopic (exact) mass is 177 g/mol. The largest absolute Gasteiger partial charge is 0.306 e. The van der Waals surface area contributed by atoms with Crippen molar-refractivity contribution in [2.75, 3.05) is 25.9 Å². The fraction of sp³-hybridized carbons (Fsp3) is 1.00. The first-order valence-electron chi connectivity index (χ1n) is 3.78. The van der Waals surface area contributed by atoms with E-state index in [2.05, 4.69) is 23.6 Å². The van der Waals surface area contributed by atoms with E-state index in [-0.39, 0.29) is 0 Å². The Hall–Kier alpha value is 0.660. The molecule has 1 aliphatic rings. The van der Waals surface area contributed by atoms with Crippen LogP contribution in [0.2, 0.25) is 0 Å². The van der Waals surface area contributed by atoms with E-state index in [4.69, 9.17) is 0 Å². The summed E-state index contributed by atoms with van der Waals surface area (Å²) >= 11 is 4.16. The first-order chi connectivity index (χ1) is 4.83. The van der Waals surface area contributed by atoms with Crippen molar-refractivity contribution < 1.29 is 0 Å². The fourth-order valence-electron chi connectivity index (χ4n) is 1.33. The van der Waals surface area contributed by atoms with Gasteiger partial charge in [-0.25, -0.2) is 0 Å². The maximum absolute atomic E-state index is 4.16. The van der Waals surface area contributed by atoms with E-state index in [0.29, 0.717) is 0 Å². The van der Waals surface area contributed by atoms with Gasteiger partial charge >= 0.3 is 0 Å². The zero-order valence-corrected chi connectivity index (χ0v) is 8.13. The van der Waals surface area contributed by atoms with Crippen molar-refractivity contribution in [3.63, 3.8) is 0 Å². The summed E-state index contributed by atoms with van der Waals surface area (Å²) in [4.78, 5) is 2.40. The lowest BCUT2D eigenvalue weighted by Crippen LogP contribution is -2.30. The molecule has 3 heteroatoms. The molecule has 0 atom stereocenters. The predicted octanol–water partition coefficient (Wildman–Crippen LogP) is 1.91. The highest BCUT2D eigenvalue weighted by molar-refractivity contribution is 8.68. The molecule has 1 aliphatic heterocycles. The van der Waals surface area contributed by atoms with Gasteiger partial charge in [-0.05, 0) is 38.9 Å². The van der Waals surface area contributed by atoms with Gasteiger partial charge in [0.25, 0.3) is 0 Å². The molecule has 0 N–H and O–H groups in total. The molecule has 0 aromatic rings. The fourth-order valence-corrected chi connectivity index (χ4v) is 2.51.